The molecule has 1 aliphatic heterocycles. The number of thioether (sulfide) groups is 1. The van der Waals surface area contributed by atoms with E-state index >= 15 is 0 Å². The van der Waals surface area contributed by atoms with Crippen molar-refractivity contribution in [3.8, 4) is 5.75 Å². The second kappa shape index (κ2) is 9.46. The van der Waals surface area contributed by atoms with Crippen molar-refractivity contribution in [3.63, 3.8) is 0 Å². The molecule has 0 radical (unpaired) electrons. The molecule has 33 heavy (non-hydrogen) atoms. The van der Waals surface area contributed by atoms with E-state index in [4.69, 9.17) is 17.0 Å². The first-order chi connectivity index (χ1) is 15.8. The number of aromatic nitrogens is 2. The minimum atomic E-state index is -0.483. The minimum Gasteiger partial charge on any atom is -0.496 e. The van der Waals surface area contributed by atoms with Gasteiger partial charge in [-0.05, 0) is 42.6 Å². The molecule has 1 fully saturated rings. The Morgan fingerprint density at radius 1 is 1.24 bits per heavy atom. The van der Waals surface area contributed by atoms with Gasteiger partial charge in [0.15, 0.2) is 4.32 Å². The molecule has 0 aliphatic carbocycles. The zero-order valence-corrected chi connectivity index (χ0v) is 20.7. The molecule has 0 spiro atoms. The summed E-state index contributed by atoms with van der Waals surface area (Å²) in [4.78, 5) is 38.3. The molecule has 0 unspecified atom stereocenters. The Labute approximate surface area is 206 Å². The number of rotatable bonds is 5. The Balaban J connectivity index is 1.55. The lowest BCUT2D eigenvalue weighted by atomic mass is 10.1. The van der Waals surface area contributed by atoms with E-state index in [9.17, 15) is 14.4 Å². The number of hydrogen-bond acceptors (Lipinski definition) is 7. The molecule has 1 aromatic heterocycles. The van der Waals surface area contributed by atoms with Crippen LogP contribution in [0.4, 0.5) is 0 Å². The number of ether oxygens (including phenoxy) is 1. The van der Waals surface area contributed by atoms with Gasteiger partial charge in [-0.1, -0.05) is 45.9 Å². The quantitative estimate of drug-likeness (QED) is 0.389. The molecule has 168 valence electrons. The lowest BCUT2D eigenvalue weighted by Crippen LogP contribution is -2.45. The summed E-state index contributed by atoms with van der Waals surface area (Å²) in [6.45, 7) is 0. The van der Waals surface area contributed by atoms with Crippen LogP contribution in [0.2, 0.25) is 0 Å². The van der Waals surface area contributed by atoms with Gasteiger partial charge in [0, 0.05) is 22.5 Å². The van der Waals surface area contributed by atoms with Crippen molar-refractivity contribution >= 4 is 72.9 Å². The lowest BCUT2D eigenvalue weighted by molar-refractivity contribution is -0.132. The van der Waals surface area contributed by atoms with Crippen molar-refractivity contribution in [2.45, 2.75) is 6.42 Å². The number of methoxy groups -OCH3 is 1. The smallest absolute Gasteiger partial charge is 0.285 e. The molecule has 3 aromatic rings. The SMILES string of the molecule is COc1ccc(Br)cc1/C=C1\SC(=S)N(NC(=O)Cc2nn(C)c(=O)c3ccccc23)C1=O. The zero-order chi connectivity index (χ0) is 23.7. The van der Waals surface area contributed by atoms with Crippen molar-refractivity contribution in [3.05, 3.63) is 73.5 Å². The van der Waals surface area contributed by atoms with E-state index in [1.165, 1.54) is 11.7 Å². The Morgan fingerprint density at radius 3 is 2.70 bits per heavy atom. The number of nitrogens with zero attached hydrogens (tertiary/aromatic N) is 3. The van der Waals surface area contributed by atoms with E-state index in [1.807, 2.05) is 12.1 Å². The number of benzene rings is 2. The Kier molecular flexibility index (Phi) is 6.63. The highest BCUT2D eigenvalue weighted by Gasteiger charge is 2.34. The monoisotopic (exact) mass is 544 g/mol. The second-order valence-corrected chi connectivity index (χ2v) is 9.63. The number of fused-ring (bicyclic) bond motifs is 1. The van der Waals surface area contributed by atoms with E-state index in [1.54, 1.807) is 43.5 Å². The van der Waals surface area contributed by atoms with E-state index in [-0.39, 0.29) is 16.3 Å². The Bertz CT molecular complexity index is 1400. The molecule has 2 amide bonds. The first-order valence-corrected chi connectivity index (χ1v) is 11.7. The molecule has 1 saturated heterocycles. The normalized spacial score (nSPS) is 14.9. The number of amides is 2. The number of aryl methyl sites for hydroxylation is 1. The van der Waals surface area contributed by atoms with Crippen LogP contribution in [0.15, 0.2) is 56.6 Å². The zero-order valence-electron chi connectivity index (χ0n) is 17.5. The van der Waals surface area contributed by atoms with Gasteiger partial charge in [0.25, 0.3) is 11.5 Å². The molecule has 0 atom stereocenters. The van der Waals surface area contributed by atoms with Crippen LogP contribution in [0.1, 0.15) is 11.3 Å². The van der Waals surface area contributed by atoms with Gasteiger partial charge in [-0.2, -0.15) is 10.1 Å². The molecule has 0 bridgehead atoms. The first kappa shape index (κ1) is 23.1. The van der Waals surface area contributed by atoms with Crippen LogP contribution in [0.25, 0.3) is 16.8 Å². The fourth-order valence-electron chi connectivity index (χ4n) is 3.35. The molecule has 8 nitrogen and oxygen atoms in total. The summed E-state index contributed by atoms with van der Waals surface area (Å²) in [6.07, 6.45) is 1.53. The summed E-state index contributed by atoms with van der Waals surface area (Å²) in [7, 11) is 3.07. The third-order valence-corrected chi connectivity index (χ3v) is 6.66. The van der Waals surface area contributed by atoms with Gasteiger partial charge in [0.05, 0.1) is 29.5 Å². The number of carbonyl (C=O) groups is 2. The van der Waals surface area contributed by atoms with Crippen LogP contribution in [0.5, 0.6) is 5.75 Å². The fraction of sp³-hybridized carbons (Fsp3) is 0.136. The summed E-state index contributed by atoms with van der Waals surface area (Å²) in [6, 6.07) is 12.4. The van der Waals surface area contributed by atoms with Gasteiger partial charge >= 0.3 is 0 Å². The number of halogens is 1. The number of nitrogens with one attached hydrogen (secondary N) is 1. The predicted octanol–water partition coefficient (Wildman–Crippen LogP) is 3.18. The average molecular weight is 545 g/mol. The highest BCUT2D eigenvalue weighted by atomic mass is 79.9. The first-order valence-electron chi connectivity index (χ1n) is 9.64. The largest absolute Gasteiger partial charge is 0.496 e. The summed E-state index contributed by atoms with van der Waals surface area (Å²) < 4.78 is 7.57. The molecule has 2 heterocycles. The third-order valence-electron chi connectivity index (χ3n) is 4.87. The van der Waals surface area contributed by atoms with Crippen LogP contribution >= 0.6 is 39.9 Å². The maximum absolute atomic E-state index is 12.9. The van der Waals surface area contributed by atoms with Gasteiger partial charge in [-0.25, -0.2) is 4.68 Å². The summed E-state index contributed by atoms with van der Waals surface area (Å²) in [5.74, 6) is -0.331. The standard InChI is InChI=1S/C22H17BrN4O4S2/c1-26-20(29)15-6-4-3-5-14(15)16(24-26)11-19(28)25-27-21(30)18(33-22(27)32)10-12-9-13(23)7-8-17(12)31-2/h3-10H,11H2,1-2H3,(H,25,28)/b18-10-. The highest BCUT2D eigenvalue weighted by molar-refractivity contribution is 9.10. The van der Waals surface area contributed by atoms with Crippen molar-refractivity contribution in [1.82, 2.24) is 20.2 Å². The Hall–Kier alpha value is -3.02. The Morgan fingerprint density at radius 2 is 1.97 bits per heavy atom. The average Bonchev–Trinajstić information content (AvgIpc) is 3.05. The van der Waals surface area contributed by atoms with Crippen LogP contribution in [0.3, 0.4) is 0 Å². The van der Waals surface area contributed by atoms with Crippen LogP contribution < -0.4 is 15.7 Å². The van der Waals surface area contributed by atoms with Gasteiger partial charge in [0.2, 0.25) is 5.91 Å². The molecular weight excluding hydrogens is 528 g/mol. The van der Waals surface area contributed by atoms with Crippen molar-refractivity contribution in [2.24, 2.45) is 7.05 Å². The maximum Gasteiger partial charge on any atom is 0.285 e. The molecule has 0 saturated carbocycles. The minimum absolute atomic E-state index is 0.135. The van der Waals surface area contributed by atoms with Gasteiger partial charge < -0.3 is 4.74 Å². The van der Waals surface area contributed by atoms with Gasteiger partial charge in [0.1, 0.15) is 5.75 Å². The summed E-state index contributed by atoms with van der Waals surface area (Å²) in [5.41, 5.74) is 3.42. The molecule has 1 N–H and O–H groups in total. The number of carbonyl (C=O) groups excluding carboxylic acids is 2. The molecule has 2 aromatic carbocycles. The topological polar surface area (TPSA) is 93.5 Å². The van der Waals surface area contributed by atoms with E-state index in [0.29, 0.717) is 32.7 Å². The van der Waals surface area contributed by atoms with Crippen molar-refractivity contribution < 1.29 is 14.3 Å². The maximum atomic E-state index is 12.9. The summed E-state index contributed by atoms with van der Waals surface area (Å²) >= 11 is 9.79. The third kappa shape index (κ3) is 4.70. The number of hydrogen-bond donors (Lipinski definition) is 1. The molecule has 11 heteroatoms. The van der Waals surface area contributed by atoms with Crippen LogP contribution in [0, 0.1) is 0 Å². The van der Waals surface area contributed by atoms with E-state index < -0.39 is 11.8 Å². The highest BCUT2D eigenvalue weighted by Crippen LogP contribution is 2.34. The predicted molar refractivity (Wildman–Crippen MR) is 135 cm³/mol. The van der Waals surface area contributed by atoms with Crippen LogP contribution in [-0.4, -0.2) is 38.0 Å². The second-order valence-electron chi connectivity index (χ2n) is 7.04. The van der Waals surface area contributed by atoms with Crippen LogP contribution in [-0.2, 0) is 23.1 Å². The number of hydrazine groups is 1. The van der Waals surface area contributed by atoms with E-state index in [0.717, 1.165) is 21.2 Å². The molecule has 1 aliphatic rings. The van der Waals surface area contributed by atoms with E-state index in [2.05, 4.69) is 26.5 Å². The van der Waals surface area contributed by atoms with Crippen molar-refractivity contribution in [2.75, 3.05) is 7.11 Å². The lowest BCUT2D eigenvalue weighted by Gasteiger charge is -2.16. The summed E-state index contributed by atoms with van der Waals surface area (Å²) in [5, 5.41) is 6.32. The fourth-order valence-corrected chi connectivity index (χ4v) is 4.90. The number of thiocarbonyl (C=S) groups is 1. The van der Waals surface area contributed by atoms with Gasteiger partial charge in [-0.3, -0.25) is 19.8 Å². The van der Waals surface area contributed by atoms with Crippen molar-refractivity contribution in [1.29, 1.82) is 0 Å². The molecule has 4 rings (SSSR count). The van der Waals surface area contributed by atoms with Gasteiger partial charge in [-0.15, -0.1) is 0 Å². The molecular formula is C22H17BrN4O4S2.